The number of aliphatic hydroxyl groups is 2. The molecule has 1 aromatic rings. The van der Waals surface area contributed by atoms with Crippen molar-refractivity contribution < 1.29 is 28.1 Å². The summed E-state index contributed by atoms with van der Waals surface area (Å²) in [7, 11) is 0. The first-order valence-corrected chi connectivity index (χ1v) is 12.9. The van der Waals surface area contributed by atoms with E-state index in [1.54, 1.807) is 4.90 Å². The number of alkyl halides is 1. The maximum absolute atomic E-state index is 14.7. The number of aliphatic imine (C=N–C) groups is 1. The van der Waals surface area contributed by atoms with Gasteiger partial charge in [-0.05, 0) is 55.7 Å². The lowest BCUT2D eigenvalue weighted by atomic mass is 9.79. The molecule has 0 aromatic heterocycles. The Morgan fingerprint density at radius 1 is 1.22 bits per heavy atom. The van der Waals surface area contributed by atoms with Gasteiger partial charge < -0.3 is 20.7 Å². The third-order valence-corrected chi connectivity index (χ3v) is 6.86. The van der Waals surface area contributed by atoms with E-state index in [-0.39, 0.29) is 24.4 Å². The number of aliphatic hydroxyl groups excluding tert-OH is 2. The van der Waals surface area contributed by atoms with Crippen LogP contribution in [0.15, 0.2) is 47.5 Å². The molecule has 7 atom stereocenters. The maximum Gasteiger partial charge on any atom is 0.178 e. The van der Waals surface area contributed by atoms with Crippen LogP contribution in [0.2, 0.25) is 0 Å². The van der Waals surface area contributed by atoms with E-state index in [1.807, 2.05) is 32.9 Å². The minimum atomic E-state index is -1.29. The molecule has 0 amide bonds. The molecule has 6 nitrogen and oxygen atoms in total. The Morgan fingerprint density at radius 3 is 2.54 bits per heavy atom. The van der Waals surface area contributed by atoms with E-state index in [0.29, 0.717) is 12.1 Å². The van der Waals surface area contributed by atoms with Gasteiger partial charge in [0.25, 0.3) is 0 Å². The van der Waals surface area contributed by atoms with Crippen molar-refractivity contribution in [1.29, 1.82) is 0 Å². The zero-order valence-electron chi connectivity index (χ0n) is 22.0. The fraction of sp³-hybridized carbons (Fsp3) is 0.607. The van der Waals surface area contributed by atoms with E-state index in [2.05, 4.69) is 12.2 Å². The van der Waals surface area contributed by atoms with Crippen LogP contribution in [0.3, 0.4) is 0 Å². The Morgan fingerprint density at radius 2 is 1.95 bits per heavy atom. The van der Waals surface area contributed by atoms with Crippen LogP contribution >= 0.6 is 0 Å². The monoisotopic (exact) mass is 523 g/mol. The summed E-state index contributed by atoms with van der Waals surface area (Å²) in [6, 6.07) is 1.88. The predicted octanol–water partition coefficient (Wildman–Crippen LogP) is 4.43. The third kappa shape index (κ3) is 7.51. The number of ether oxygens (including phenoxy) is 1. The smallest absolute Gasteiger partial charge is 0.178 e. The van der Waals surface area contributed by atoms with Crippen molar-refractivity contribution in [2.24, 2.45) is 22.1 Å². The molecule has 1 aliphatic carbocycles. The van der Waals surface area contributed by atoms with E-state index in [9.17, 15) is 23.4 Å². The Hall–Kier alpha value is -2.04. The van der Waals surface area contributed by atoms with Crippen LogP contribution < -0.4 is 5.73 Å². The molecule has 0 saturated heterocycles. The van der Waals surface area contributed by atoms with Crippen molar-refractivity contribution in [3.05, 3.63) is 59.7 Å². The van der Waals surface area contributed by atoms with Crippen molar-refractivity contribution >= 4 is 5.71 Å². The highest BCUT2D eigenvalue weighted by Gasteiger charge is 2.45. The van der Waals surface area contributed by atoms with Gasteiger partial charge in [-0.2, -0.15) is 0 Å². The standard InChI is InChI=1S/C28H40F3N3O3/c1-17(35)27(36)34(13-12-20(32)16-29)25(28(2,3)4)24-23(14-18-8-6-5-7-9-18)37-26(33-24)21-15-19(30)10-11-22(21)31/h5-8,10-11,15,17-18,20,23,25-27,35-36H,9,12-14,16,32H2,1-4H3. The third-order valence-electron chi connectivity index (χ3n) is 6.86. The van der Waals surface area contributed by atoms with E-state index >= 15 is 0 Å². The van der Waals surface area contributed by atoms with Gasteiger partial charge >= 0.3 is 0 Å². The van der Waals surface area contributed by atoms with Crippen LogP contribution in [0.5, 0.6) is 0 Å². The van der Waals surface area contributed by atoms with Crippen LogP contribution in [0.4, 0.5) is 13.2 Å². The van der Waals surface area contributed by atoms with Crippen LogP contribution in [0.1, 0.15) is 58.7 Å². The normalized spacial score (nSPS) is 25.3. The molecule has 0 radical (unpaired) electrons. The highest BCUT2D eigenvalue weighted by molar-refractivity contribution is 5.95. The van der Waals surface area contributed by atoms with Gasteiger partial charge in [0.2, 0.25) is 0 Å². The van der Waals surface area contributed by atoms with Gasteiger partial charge in [0.05, 0.1) is 17.9 Å². The van der Waals surface area contributed by atoms with E-state index in [1.165, 1.54) is 6.92 Å². The van der Waals surface area contributed by atoms with Gasteiger partial charge in [-0.15, -0.1) is 0 Å². The van der Waals surface area contributed by atoms with E-state index in [4.69, 9.17) is 15.5 Å². The van der Waals surface area contributed by atoms with E-state index < -0.39 is 60.5 Å². The topological polar surface area (TPSA) is 91.3 Å². The molecule has 206 valence electrons. The molecule has 0 spiro atoms. The SMILES string of the molecule is CC(O)C(O)N(CCC(N)CF)C(C1=NC(c2cc(F)ccc2F)OC1CC1C=CC=CC1)C(C)(C)C. The number of hydrogen-bond acceptors (Lipinski definition) is 6. The Balaban J connectivity index is 2.07. The fourth-order valence-electron chi connectivity index (χ4n) is 5.02. The summed E-state index contributed by atoms with van der Waals surface area (Å²) in [6.07, 6.45) is 5.62. The molecule has 9 heteroatoms. The van der Waals surface area contributed by atoms with Gasteiger partial charge in [-0.25, -0.2) is 13.2 Å². The Kier molecular flexibility index (Phi) is 10.1. The first-order chi connectivity index (χ1) is 17.4. The van der Waals surface area contributed by atoms with Crippen LogP contribution in [-0.4, -0.2) is 64.6 Å². The molecular weight excluding hydrogens is 483 g/mol. The average Bonchev–Trinajstić information content (AvgIpc) is 3.24. The number of nitrogens with two attached hydrogens (primary N) is 1. The van der Waals surface area contributed by atoms with Gasteiger partial charge in [0.15, 0.2) is 6.23 Å². The maximum atomic E-state index is 14.7. The van der Waals surface area contributed by atoms with Gasteiger partial charge in [-0.3, -0.25) is 9.89 Å². The molecular formula is C28H40F3N3O3. The Labute approximate surface area is 217 Å². The molecule has 0 saturated carbocycles. The molecule has 1 aromatic carbocycles. The van der Waals surface area contributed by atoms with Gasteiger partial charge in [0, 0.05) is 18.2 Å². The Bertz CT molecular complexity index is 993. The minimum Gasteiger partial charge on any atom is -0.389 e. The molecule has 0 bridgehead atoms. The fourth-order valence-corrected chi connectivity index (χ4v) is 5.02. The van der Waals surface area contributed by atoms with Gasteiger partial charge in [-0.1, -0.05) is 45.1 Å². The summed E-state index contributed by atoms with van der Waals surface area (Å²) < 4.78 is 48.3. The lowest BCUT2D eigenvalue weighted by Crippen LogP contribution is -2.59. The highest BCUT2D eigenvalue weighted by atomic mass is 19.1. The number of benzene rings is 1. The van der Waals surface area contributed by atoms with Gasteiger partial charge in [0.1, 0.15) is 30.6 Å². The van der Waals surface area contributed by atoms with Crippen molar-refractivity contribution in [3.63, 3.8) is 0 Å². The first-order valence-electron chi connectivity index (χ1n) is 12.9. The van der Waals surface area contributed by atoms with Crippen LogP contribution in [0, 0.1) is 23.0 Å². The number of hydrogen-bond donors (Lipinski definition) is 3. The zero-order chi connectivity index (χ0) is 27.3. The van der Waals surface area contributed by atoms with Crippen LogP contribution in [0.25, 0.3) is 0 Å². The second-order valence-electron chi connectivity index (χ2n) is 11.1. The van der Waals surface area contributed by atoms with Crippen molar-refractivity contribution in [2.45, 2.75) is 83.7 Å². The average molecular weight is 524 g/mol. The molecule has 37 heavy (non-hydrogen) atoms. The number of rotatable bonds is 11. The molecule has 4 N–H and O–H groups in total. The second-order valence-corrected chi connectivity index (χ2v) is 11.1. The number of halogens is 3. The van der Waals surface area contributed by atoms with Crippen molar-refractivity contribution in [2.75, 3.05) is 13.2 Å². The molecule has 1 heterocycles. The molecule has 7 unspecified atom stereocenters. The molecule has 2 aliphatic rings. The summed E-state index contributed by atoms with van der Waals surface area (Å²) >= 11 is 0. The molecule has 1 aliphatic heterocycles. The molecule has 3 rings (SSSR count). The van der Waals surface area contributed by atoms with E-state index in [0.717, 1.165) is 24.6 Å². The molecule has 0 fully saturated rings. The lowest BCUT2D eigenvalue weighted by Gasteiger charge is -2.44. The highest BCUT2D eigenvalue weighted by Crippen LogP contribution is 2.39. The summed E-state index contributed by atoms with van der Waals surface area (Å²) in [5.41, 5.74) is 5.88. The van der Waals surface area contributed by atoms with Crippen molar-refractivity contribution in [3.8, 4) is 0 Å². The van der Waals surface area contributed by atoms with Crippen LogP contribution in [-0.2, 0) is 4.74 Å². The number of allylic oxidation sites excluding steroid dienone is 4. The zero-order valence-corrected chi connectivity index (χ0v) is 22.0. The summed E-state index contributed by atoms with van der Waals surface area (Å²) in [5.74, 6) is -1.08. The minimum absolute atomic E-state index is 0.00572. The number of nitrogens with zero attached hydrogens (tertiary/aromatic N) is 2. The summed E-state index contributed by atoms with van der Waals surface area (Å²) in [5, 5.41) is 21.4. The summed E-state index contributed by atoms with van der Waals surface area (Å²) in [4.78, 5) is 6.47. The van der Waals surface area contributed by atoms with Crippen molar-refractivity contribution in [1.82, 2.24) is 4.90 Å². The quantitative estimate of drug-likeness (QED) is 0.374. The summed E-state index contributed by atoms with van der Waals surface area (Å²) in [6.45, 7) is 6.85. The largest absolute Gasteiger partial charge is 0.389 e. The predicted molar refractivity (Wildman–Crippen MR) is 139 cm³/mol. The second kappa shape index (κ2) is 12.7. The first kappa shape index (κ1) is 29.5. The lowest BCUT2D eigenvalue weighted by molar-refractivity contribution is -0.0997.